The molecular weight excluding hydrogens is 276 g/mol. The Balaban J connectivity index is 1.89. The van der Waals surface area contributed by atoms with Crippen molar-refractivity contribution in [2.45, 2.75) is 32.9 Å². The molecule has 0 saturated carbocycles. The van der Waals surface area contributed by atoms with Crippen LogP contribution in [-0.4, -0.2) is 46.3 Å². The number of rotatable bonds is 3. The number of nitrogens with zero attached hydrogens (tertiary/aromatic N) is 1. The van der Waals surface area contributed by atoms with Crippen LogP contribution in [-0.2, 0) is 6.54 Å². The van der Waals surface area contributed by atoms with E-state index in [0.29, 0.717) is 31.0 Å². The largest absolute Gasteiger partial charge is 0.478 e. The lowest BCUT2D eigenvalue weighted by atomic mass is 9.97. The van der Waals surface area contributed by atoms with Crippen LogP contribution in [0.4, 0.5) is 4.79 Å². The van der Waals surface area contributed by atoms with Crippen LogP contribution in [0.15, 0.2) is 10.5 Å². The van der Waals surface area contributed by atoms with Crippen molar-refractivity contribution >= 4 is 12.0 Å². The van der Waals surface area contributed by atoms with E-state index in [9.17, 15) is 14.7 Å². The highest BCUT2D eigenvalue weighted by atomic mass is 16.4. The van der Waals surface area contributed by atoms with E-state index in [4.69, 9.17) is 9.52 Å². The van der Waals surface area contributed by atoms with Gasteiger partial charge in [-0.2, -0.15) is 0 Å². The van der Waals surface area contributed by atoms with Gasteiger partial charge in [-0.1, -0.05) is 6.92 Å². The second-order valence-corrected chi connectivity index (χ2v) is 5.43. The van der Waals surface area contributed by atoms with E-state index in [0.717, 1.165) is 0 Å². The van der Waals surface area contributed by atoms with Crippen LogP contribution in [0, 0.1) is 12.8 Å². The molecule has 1 aliphatic heterocycles. The van der Waals surface area contributed by atoms with Crippen molar-refractivity contribution in [3.63, 3.8) is 0 Å². The second kappa shape index (κ2) is 6.17. The van der Waals surface area contributed by atoms with Crippen LogP contribution >= 0.6 is 0 Å². The van der Waals surface area contributed by atoms with Crippen molar-refractivity contribution in [3.05, 3.63) is 23.2 Å². The molecule has 2 rings (SSSR count). The van der Waals surface area contributed by atoms with Crippen LogP contribution in [0.1, 0.15) is 35.2 Å². The number of furan rings is 1. The Labute approximate surface area is 122 Å². The highest BCUT2D eigenvalue weighted by Crippen LogP contribution is 2.17. The number of aromatic carboxylic acids is 1. The predicted molar refractivity (Wildman–Crippen MR) is 74.0 cm³/mol. The summed E-state index contributed by atoms with van der Waals surface area (Å²) in [6, 6.07) is 1.18. The average Bonchev–Trinajstić information content (AvgIpc) is 2.80. The van der Waals surface area contributed by atoms with Crippen LogP contribution in [0.25, 0.3) is 0 Å². The molecule has 2 unspecified atom stereocenters. The SMILES string of the molecule is Cc1oc(CNC(=O)N2CCC(O)C(C)C2)cc1C(=O)O. The molecule has 1 aromatic rings. The molecule has 0 aliphatic carbocycles. The molecule has 2 atom stereocenters. The van der Waals surface area contributed by atoms with Crippen molar-refractivity contribution < 1.29 is 24.2 Å². The summed E-state index contributed by atoms with van der Waals surface area (Å²) >= 11 is 0. The van der Waals surface area contributed by atoms with Gasteiger partial charge in [-0.15, -0.1) is 0 Å². The highest BCUT2D eigenvalue weighted by Gasteiger charge is 2.27. The van der Waals surface area contributed by atoms with Gasteiger partial charge in [0.15, 0.2) is 0 Å². The molecule has 2 amide bonds. The summed E-state index contributed by atoms with van der Waals surface area (Å²) in [6.07, 6.45) is 0.206. The maximum Gasteiger partial charge on any atom is 0.339 e. The number of carbonyl (C=O) groups excluding carboxylic acids is 1. The van der Waals surface area contributed by atoms with Gasteiger partial charge in [-0.05, 0) is 25.3 Å². The van der Waals surface area contributed by atoms with Gasteiger partial charge in [0.1, 0.15) is 17.1 Å². The number of piperidine rings is 1. The van der Waals surface area contributed by atoms with E-state index in [1.165, 1.54) is 6.07 Å². The zero-order valence-corrected chi connectivity index (χ0v) is 12.1. The summed E-state index contributed by atoms with van der Waals surface area (Å²) in [5.41, 5.74) is 0.106. The smallest absolute Gasteiger partial charge is 0.339 e. The van der Waals surface area contributed by atoms with Gasteiger partial charge < -0.3 is 24.8 Å². The number of aliphatic hydroxyl groups is 1. The zero-order valence-electron chi connectivity index (χ0n) is 12.1. The van der Waals surface area contributed by atoms with Gasteiger partial charge in [-0.25, -0.2) is 9.59 Å². The third-order valence-electron chi connectivity index (χ3n) is 3.76. The van der Waals surface area contributed by atoms with Crippen LogP contribution in [0.3, 0.4) is 0 Å². The monoisotopic (exact) mass is 296 g/mol. The molecule has 0 spiro atoms. The topological polar surface area (TPSA) is 103 Å². The lowest BCUT2D eigenvalue weighted by Crippen LogP contribution is -2.48. The van der Waals surface area contributed by atoms with Crippen molar-refractivity contribution in [2.75, 3.05) is 13.1 Å². The van der Waals surface area contributed by atoms with Crippen molar-refractivity contribution in [1.82, 2.24) is 10.2 Å². The summed E-state index contributed by atoms with van der Waals surface area (Å²) in [6.45, 7) is 4.63. The van der Waals surface area contributed by atoms with E-state index in [1.807, 2.05) is 6.92 Å². The number of carboxylic acid groups (broad SMARTS) is 1. The molecule has 1 aromatic heterocycles. The molecule has 3 N–H and O–H groups in total. The van der Waals surface area contributed by atoms with Gasteiger partial charge in [0.05, 0.1) is 12.6 Å². The molecule has 1 aliphatic rings. The molecule has 0 aromatic carbocycles. The minimum atomic E-state index is -1.05. The van der Waals surface area contributed by atoms with Gasteiger partial charge in [0.2, 0.25) is 0 Å². The molecule has 7 heteroatoms. The Bertz CT molecular complexity index is 539. The Hall–Kier alpha value is -2.02. The second-order valence-electron chi connectivity index (χ2n) is 5.43. The van der Waals surface area contributed by atoms with E-state index in [1.54, 1.807) is 11.8 Å². The van der Waals surface area contributed by atoms with E-state index in [-0.39, 0.29) is 30.2 Å². The van der Waals surface area contributed by atoms with Gasteiger partial charge >= 0.3 is 12.0 Å². The van der Waals surface area contributed by atoms with Crippen LogP contribution in [0.5, 0.6) is 0 Å². The molecule has 116 valence electrons. The van der Waals surface area contributed by atoms with Gasteiger partial charge in [0, 0.05) is 13.1 Å². The molecule has 1 saturated heterocycles. The summed E-state index contributed by atoms with van der Waals surface area (Å²) in [4.78, 5) is 24.6. The first-order chi connectivity index (χ1) is 9.88. The van der Waals surface area contributed by atoms with Gasteiger partial charge in [-0.3, -0.25) is 0 Å². The average molecular weight is 296 g/mol. The first-order valence-corrected chi connectivity index (χ1v) is 6.92. The summed E-state index contributed by atoms with van der Waals surface area (Å²) in [5, 5.41) is 21.3. The first kappa shape index (κ1) is 15.4. The third kappa shape index (κ3) is 3.55. The maximum atomic E-state index is 12.0. The Morgan fingerprint density at radius 2 is 2.24 bits per heavy atom. The predicted octanol–water partition coefficient (Wildman–Crippen LogP) is 1.20. The zero-order chi connectivity index (χ0) is 15.6. The first-order valence-electron chi connectivity index (χ1n) is 6.92. The van der Waals surface area contributed by atoms with Crippen LogP contribution < -0.4 is 5.32 Å². The van der Waals surface area contributed by atoms with E-state index >= 15 is 0 Å². The summed E-state index contributed by atoms with van der Waals surface area (Å²) < 4.78 is 5.30. The molecule has 2 heterocycles. The lowest BCUT2D eigenvalue weighted by molar-refractivity contribution is 0.0479. The Morgan fingerprint density at radius 3 is 2.81 bits per heavy atom. The standard InChI is InChI=1S/C14H20N2O5/c1-8-7-16(4-3-12(8)17)14(20)15-6-10-5-11(13(18)19)9(2)21-10/h5,8,12,17H,3-4,6-7H2,1-2H3,(H,15,20)(H,18,19). The number of carbonyl (C=O) groups is 2. The molecule has 21 heavy (non-hydrogen) atoms. The molecule has 1 fully saturated rings. The van der Waals surface area contributed by atoms with Crippen molar-refractivity contribution in [2.24, 2.45) is 5.92 Å². The van der Waals surface area contributed by atoms with Crippen molar-refractivity contribution in [1.29, 1.82) is 0 Å². The molecule has 0 radical (unpaired) electrons. The number of urea groups is 1. The highest BCUT2D eigenvalue weighted by molar-refractivity contribution is 5.88. The Morgan fingerprint density at radius 1 is 1.52 bits per heavy atom. The minimum Gasteiger partial charge on any atom is -0.478 e. The summed E-state index contributed by atoms with van der Waals surface area (Å²) in [5.74, 6) is -0.272. The maximum absolute atomic E-state index is 12.0. The summed E-state index contributed by atoms with van der Waals surface area (Å²) in [7, 11) is 0. The number of aliphatic hydroxyl groups excluding tert-OH is 1. The molecular formula is C14H20N2O5. The van der Waals surface area contributed by atoms with Crippen molar-refractivity contribution in [3.8, 4) is 0 Å². The number of likely N-dealkylation sites (tertiary alicyclic amines) is 1. The Kier molecular flexibility index (Phi) is 4.52. The third-order valence-corrected chi connectivity index (χ3v) is 3.76. The van der Waals surface area contributed by atoms with Crippen LogP contribution in [0.2, 0.25) is 0 Å². The minimum absolute atomic E-state index is 0.0500. The lowest BCUT2D eigenvalue weighted by Gasteiger charge is -2.34. The van der Waals surface area contributed by atoms with E-state index in [2.05, 4.69) is 5.32 Å². The molecule has 0 bridgehead atoms. The number of nitrogens with one attached hydrogen (secondary N) is 1. The quantitative estimate of drug-likeness (QED) is 0.777. The number of amides is 2. The van der Waals surface area contributed by atoms with E-state index < -0.39 is 5.97 Å². The molecule has 7 nitrogen and oxygen atoms in total. The fraction of sp³-hybridized carbons (Fsp3) is 0.571. The fourth-order valence-electron chi connectivity index (χ4n) is 2.44. The fourth-order valence-corrected chi connectivity index (χ4v) is 2.44. The normalized spacial score (nSPS) is 22.1. The number of carboxylic acids is 1. The number of hydrogen-bond donors (Lipinski definition) is 3. The number of aryl methyl sites for hydroxylation is 1. The van der Waals surface area contributed by atoms with Gasteiger partial charge in [0.25, 0.3) is 0 Å². The number of hydrogen-bond acceptors (Lipinski definition) is 4.